The van der Waals surface area contributed by atoms with E-state index in [1.165, 1.54) is 0 Å². The first kappa shape index (κ1) is 18.1. The average molecular weight is 380 g/mol. The maximum Gasteiger partial charge on any atom is 0.316 e. The van der Waals surface area contributed by atoms with Gasteiger partial charge in [-0.2, -0.15) is 0 Å². The summed E-state index contributed by atoms with van der Waals surface area (Å²) in [5.41, 5.74) is 0.709. The monoisotopic (exact) mass is 380 g/mol. The van der Waals surface area contributed by atoms with Gasteiger partial charge in [0.05, 0.1) is 17.7 Å². The molecule has 2 aliphatic rings. The minimum Gasteiger partial charge on any atom is -0.463 e. The van der Waals surface area contributed by atoms with E-state index in [1.54, 1.807) is 47.6 Å². The van der Waals surface area contributed by atoms with Crippen molar-refractivity contribution in [3.05, 3.63) is 53.9 Å². The van der Waals surface area contributed by atoms with Crippen LogP contribution >= 0.6 is 0 Å². The van der Waals surface area contributed by atoms with Crippen molar-refractivity contribution in [2.45, 2.75) is 12.8 Å². The molecule has 0 N–H and O–H groups in total. The standard InChI is InChI=1S/C20H20N4O4/c25-17(12-24-18(26)15-6-1-2-7-16(15)19(24)27)23-10-3-5-14(11-23)13-28-20-21-8-4-9-22-20/h1-2,4,6-9,14H,3,5,10-13H2. The molecule has 0 bridgehead atoms. The molecule has 3 heterocycles. The van der Waals surface area contributed by atoms with Gasteiger partial charge in [0.15, 0.2) is 0 Å². The van der Waals surface area contributed by atoms with Crippen molar-refractivity contribution in [3.63, 3.8) is 0 Å². The Balaban J connectivity index is 1.35. The zero-order valence-electron chi connectivity index (χ0n) is 15.3. The molecule has 1 saturated heterocycles. The fraction of sp³-hybridized carbons (Fsp3) is 0.350. The van der Waals surface area contributed by atoms with Gasteiger partial charge in [-0.3, -0.25) is 19.3 Å². The van der Waals surface area contributed by atoms with Crippen molar-refractivity contribution in [2.75, 3.05) is 26.2 Å². The lowest BCUT2D eigenvalue weighted by atomic mass is 9.99. The second-order valence-corrected chi connectivity index (χ2v) is 6.93. The van der Waals surface area contributed by atoms with E-state index in [4.69, 9.17) is 4.74 Å². The number of carbonyl (C=O) groups excluding carboxylic acids is 3. The molecular formula is C20H20N4O4. The molecule has 0 spiro atoms. The highest BCUT2D eigenvalue weighted by atomic mass is 16.5. The summed E-state index contributed by atoms with van der Waals surface area (Å²) in [7, 11) is 0. The van der Waals surface area contributed by atoms with Crippen LogP contribution in [0.15, 0.2) is 42.7 Å². The predicted molar refractivity (Wildman–Crippen MR) is 98.6 cm³/mol. The number of imide groups is 1. The van der Waals surface area contributed by atoms with Crippen molar-refractivity contribution in [3.8, 4) is 6.01 Å². The number of amides is 3. The molecule has 2 aliphatic heterocycles. The predicted octanol–water partition coefficient (Wildman–Crippen LogP) is 1.39. The molecule has 0 aliphatic carbocycles. The Kier molecular flexibility index (Phi) is 5.01. The lowest BCUT2D eigenvalue weighted by Gasteiger charge is -2.33. The number of rotatable bonds is 5. The Morgan fingerprint density at radius 2 is 1.75 bits per heavy atom. The van der Waals surface area contributed by atoms with Crippen LogP contribution < -0.4 is 4.74 Å². The van der Waals surface area contributed by atoms with Gasteiger partial charge in [-0.15, -0.1) is 0 Å². The van der Waals surface area contributed by atoms with Crippen LogP contribution in [0.25, 0.3) is 0 Å². The van der Waals surface area contributed by atoms with E-state index in [9.17, 15) is 14.4 Å². The largest absolute Gasteiger partial charge is 0.463 e. The Hall–Kier alpha value is -3.29. The van der Waals surface area contributed by atoms with E-state index in [2.05, 4.69) is 9.97 Å². The second-order valence-electron chi connectivity index (χ2n) is 6.93. The SMILES string of the molecule is O=C(CN1C(=O)c2ccccc2C1=O)N1CCCC(COc2ncccn2)C1. The summed E-state index contributed by atoms with van der Waals surface area (Å²) in [4.78, 5) is 48.4. The fourth-order valence-corrected chi connectivity index (χ4v) is 3.60. The van der Waals surface area contributed by atoms with E-state index in [0.29, 0.717) is 36.8 Å². The number of carbonyl (C=O) groups is 3. The van der Waals surface area contributed by atoms with Crippen LogP contribution in [-0.4, -0.2) is 63.7 Å². The summed E-state index contributed by atoms with van der Waals surface area (Å²) in [6, 6.07) is 8.67. The van der Waals surface area contributed by atoms with Crippen LogP contribution in [0.5, 0.6) is 6.01 Å². The third kappa shape index (κ3) is 3.58. The first-order valence-electron chi connectivity index (χ1n) is 9.26. The molecule has 1 atom stereocenters. The normalized spacial score (nSPS) is 18.9. The van der Waals surface area contributed by atoms with Gasteiger partial charge in [0.2, 0.25) is 5.91 Å². The molecule has 8 heteroatoms. The first-order chi connectivity index (χ1) is 13.6. The topological polar surface area (TPSA) is 92.7 Å². The number of piperidine rings is 1. The van der Waals surface area contributed by atoms with Crippen LogP contribution in [0.3, 0.4) is 0 Å². The number of aromatic nitrogens is 2. The van der Waals surface area contributed by atoms with Gasteiger partial charge in [0.25, 0.3) is 11.8 Å². The van der Waals surface area contributed by atoms with Gasteiger partial charge >= 0.3 is 6.01 Å². The molecule has 1 unspecified atom stereocenters. The second kappa shape index (κ2) is 7.75. The van der Waals surface area contributed by atoms with Gasteiger partial charge < -0.3 is 9.64 Å². The molecule has 4 rings (SSSR count). The lowest BCUT2D eigenvalue weighted by Crippen LogP contribution is -2.47. The molecule has 2 aromatic rings. The zero-order chi connectivity index (χ0) is 19.5. The number of ether oxygens (including phenoxy) is 1. The minimum absolute atomic E-state index is 0.156. The number of benzene rings is 1. The van der Waals surface area contributed by atoms with Crippen molar-refractivity contribution in [1.29, 1.82) is 0 Å². The summed E-state index contributed by atoms with van der Waals surface area (Å²) in [5.74, 6) is -0.891. The Labute approximate surface area is 162 Å². The molecule has 1 aromatic carbocycles. The molecule has 3 amide bonds. The van der Waals surface area contributed by atoms with Gasteiger partial charge in [-0.05, 0) is 31.0 Å². The van der Waals surface area contributed by atoms with Crippen molar-refractivity contribution in [1.82, 2.24) is 19.8 Å². The fourth-order valence-electron chi connectivity index (χ4n) is 3.60. The summed E-state index contributed by atoms with van der Waals surface area (Å²) in [5, 5.41) is 0. The highest BCUT2D eigenvalue weighted by molar-refractivity contribution is 6.22. The number of hydrogen-bond donors (Lipinski definition) is 0. The molecule has 1 aromatic heterocycles. The molecule has 28 heavy (non-hydrogen) atoms. The smallest absolute Gasteiger partial charge is 0.316 e. The highest BCUT2D eigenvalue weighted by Crippen LogP contribution is 2.23. The molecule has 144 valence electrons. The first-order valence-corrected chi connectivity index (χ1v) is 9.26. The third-order valence-electron chi connectivity index (χ3n) is 5.03. The Morgan fingerprint density at radius 3 is 2.43 bits per heavy atom. The van der Waals surface area contributed by atoms with E-state index >= 15 is 0 Å². The van der Waals surface area contributed by atoms with Crippen LogP contribution in [0, 0.1) is 5.92 Å². The minimum atomic E-state index is -0.410. The third-order valence-corrected chi connectivity index (χ3v) is 5.03. The van der Waals surface area contributed by atoms with Gasteiger partial charge in [-0.1, -0.05) is 12.1 Å². The zero-order valence-corrected chi connectivity index (χ0v) is 15.3. The van der Waals surface area contributed by atoms with Gasteiger partial charge in [0.1, 0.15) is 6.54 Å². The van der Waals surface area contributed by atoms with E-state index in [0.717, 1.165) is 17.7 Å². The van der Waals surface area contributed by atoms with Crippen LogP contribution in [0.4, 0.5) is 0 Å². The van der Waals surface area contributed by atoms with Gasteiger partial charge in [0, 0.05) is 31.4 Å². The van der Waals surface area contributed by atoms with E-state index in [1.807, 2.05) is 0 Å². The summed E-state index contributed by atoms with van der Waals surface area (Å²) in [6.45, 7) is 1.32. The van der Waals surface area contributed by atoms with Crippen molar-refractivity contribution < 1.29 is 19.1 Å². The summed E-state index contributed by atoms with van der Waals surface area (Å²) < 4.78 is 5.60. The number of hydrogen-bond acceptors (Lipinski definition) is 6. The van der Waals surface area contributed by atoms with Crippen LogP contribution in [-0.2, 0) is 4.79 Å². The van der Waals surface area contributed by atoms with Crippen LogP contribution in [0.2, 0.25) is 0 Å². The van der Waals surface area contributed by atoms with E-state index < -0.39 is 11.8 Å². The quantitative estimate of drug-likeness (QED) is 0.728. The molecular weight excluding hydrogens is 360 g/mol. The molecule has 8 nitrogen and oxygen atoms in total. The molecule has 0 radical (unpaired) electrons. The maximum atomic E-state index is 12.7. The highest BCUT2D eigenvalue weighted by Gasteiger charge is 2.37. The number of nitrogens with zero attached hydrogens (tertiary/aromatic N) is 4. The summed E-state index contributed by atoms with van der Waals surface area (Å²) >= 11 is 0. The molecule has 1 fully saturated rings. The van der Waals surface area contributed by atoms with E-state index in [-0.39, 0.29) is 18.4 Å². The average Bonchev–Trinajstić information content (AvgIpc) is 2.98. The lowest BCUT2D eigenvalue weighted by molar-refractivity contribution is -0.133. The van der Waals surface area contributed by atoms with Crippen molar-refractivity contribution >= 4 is 17.7 Å². The Morgan fingerprint density at radius 1 is 1.07 bits per heavy atom. The Bertz CT molecular complexity index is 867. The maximum absolute atomic E-state index is 12.7. The number of fused-ring (bicyclic) bond motifs is 1. The summed E-state index contributed by atoms with van der Waals surface area (Å²) in [6.07, 6.45) is 5.00. The van der Waals surface area contributed by atoms with Crippen molar-refractivity contribution in [2.24, 2.45) is 5.92 Å². The van der Waals surface area contributed by atoms with Crippen LogP contribution in [0.1, 0.15) is 33.6 Å². The van der Waals surface area contributed by atoms with Gasteiger partial charge in [-0.25, -0.2) is 9.97 Å². The molecule has 0 saturated carbocycles. The number of likely N-dealkylation sites (tertiary alicyclic amines) is 1.